The standard InChI is InChI=1S/C14H23NO3/c1-2-11-8-12(11)14(18)15-7-3-4-10(9-15)5-6-13(16)17/h10-12H,2-9H2,1H3,(H,16,17)/t10?,11-,12-/m1/s1. The van der Waals surface area contributed by atoms with Crippen molar-refractivity contribution in [1.82, 2.24) is 4.90 Å². The average molecular weight is 253 g/mol. The summed E-state index contributed by atoms with van der Waals surface area (Å²) in [6.07, 6.45) is 5.20. The van der Waals surface area contributed by atoms with Crippen LogP contribution in [0.1, 0.15) is 45.4 Å². The lowest BCUT2D eigenvalue weighted by Gasteiger charge is -2.33. The van der Waals surface area contributed by atoms with Gasteiger partial charge < -0.3 is 10.0 Å². The molecule has 4 heteroatoms. The van der Waals surface area contributed by atoms with E-state index in [4.69, 9.17) is 5.11 Å². The lowest BCUT2D eigenvalue weighted by Crippen LogP contribution is -2.41. The zero-order valence-corrected chi connectivity index (χ0v) is 11.1. The van der Waals surface area contributed by atoms with E-state index in [-0.39, 0.29) is 12.3 Å². The Balaban J connectivity index is 1.79. The minimum absolute atomic E-state index is 0.230. The summed E-state index contributed by atoms with van der Waals surface area (Å²) in [6, 6.07) is 0. The second kappa shape index (κ2) is 5.72. The second-order valence-electron chi connectivity index (χ2n) is 5.74. The Morgan fingerprint density at radius 1 is 1.39 bits per heavy atom. The van der Waals surface area contributed by atoms with Crippen LogP contribution in [-0.4, -0.2) is 35.0 Å². The average Bonchev–Trinajstić information content (AvgIpc) is 3.15. The van der Waals surface area contributed by atoms with Gasteiger partial charge in [-0.1, -0.05) is 13.3 Å². The zero-order chi connectivity index (χ0) is 13.1. The van der Waals surface area contributed by atoms with E-state index in [0.29, 0.717) is 24.2 Å². The zero-order valence-electron chi connectivity index (χ0n) is 11.1. The van der Waals surface area contributed by atoms with Crippen molar-refractivity contribution in [2.75, 3.05) is 13.1 Å². The van der Waals surface area contributed by atoms with E-state index in [1.165, 1.54) is 0 Å². The fourth-order valence-corrected chi connectivity index (χ4v) is 3.06. The van der Waals surface area contributed by atoms with Gasteiger partial charge in [0.1, 0.15) is 0 Å². The normalized spacial score (nSPS) is 31.2. The van der Waals surface area contributed by atoms with Crippen LogP contribution in [0.3, 0.4) is 0 Å². The molecule has 3 atom stereocenters. The molecule has 2 rings (SSSR count). The molecule has 1 saturated carbocycles. The maximum atomic E-state index is 12.2. The van der Waals surface area contributed by atoms with Gasteiger partial charge in [0.25, 0.3) is 0 Å². The molecule has 4 nitrogen and oxygen atoms in total. The van der Waals surface area contributed by atoms with Crippen molar-refractivity contribution in [3.8, 4) is 0 Å². The van der Waals surface area contributed by atoms with Gasteiger partial charge in [-0.2, -0.15) is 0 Å². The maximum absolute atomic E-state index is 12.2. The molecule has 0 aromatic rings. The summed E-state index contributed by atoms with van der Waals surface area (Å²) >= 11 is 0. The van der Waals surface area contributed by atoms with Gasteiger partial charge in [0.15, 0.2) is 0 Å². The molecule has 1 amide bonds. The van der Waals surface area contributed by atoms with Crippen LogP contribution in [0, 0.1) is 17.8 Å². The number of carbonyl (C=O) groups is 2. The van der Waals surface area contributed by atoms with Crippen molar-refractivity contribution in [3.05, 3.63) is 0 Å². The molecular formula is C14H23NO3. The van der Waals surface area contributed by atoms with Crippen LogP contribution < -0.4 is 0 Å². The van der Waals surface area contributed by atoms with Gasteiger partial charge in [0.05, 0.1) is 0 Å². The van der Waals surface area contributed by atoms with E-state index in [0.717, 1.165) is 38.8 Å². The van der Waals surface area contributed by atoms with Gasteiger partial charge in [-0.15, -0.1) is 0 Å². The number of likely N-dealkylation sites (tertiary alicyclic amines) is 1. The van der Waals surface area contributed by atoms with Crippen LogP contribution in [0.25, 0.3) is 0 Å². The van der Waals surface area contributed by atoms with Crippen LogP contribution in [0.4, 0.5) is 0 Å². The topological polar surface area (TPSA) is 57.6 Å². The Kier molecular flexibility index (Phi) is 4.25. The van der Waals surface area contributed by atoms with Crippen molar-refractivity contribution in [2.45, 2.75) is 45.4 Å². The minimum Gasteiger partial charge on any atom is -0.481 e. The molecule has 18 heavy (non-hydrogen) atoms. The summed E-state index contributed by atoms with van der Waals surface area (Å²) in [5, 5.41) is 8.70. The smallest absolute Gasteiger partial charge is 0.303 e. The Labute approximate surface area is 108 Å². The molecule has 2 aliphatic rings. The molecule has 1 N–H and O–H groups in total. The monoisotopic (exact) mass is 253 g/mol. The highest BCUT2D eigenvalue weighted by Gasteiger charge is 2.44. The number of rotatable bonds is 5. The number of piperidine rings is 1. The molecular weight excluding hydrogens is 230 g/mol. The third-order valence-electron chi connectivity index (χ3n) is 4.36. The summed E-state index contributed by atoms with van der Waals surface area (Å²) < 4.78 is 0. The number of hydrogen-bond donors (Lipinski definition) is 1. The molecule has 1 aliphatic carbocycles. The fourth-order valence-electron chi connectivity index (χ4n) is 3.06. The first-order chi connectivity index (χ1) is 8.61. The molecule has 2 fully saturated rings. The van der Waals surface area contributed by atoms with Gasteiger partial charge >= 0.3 is 5.97 Å². The Morgan fingerprint density at radius 3 is 2.78 bits per heavy atom. The van der Waals surface area contributed by atoms with Gasteiger partial charge in [-0.3, -0.25) is 9.59 Å². The van der Waals surface area contributed by atoms with E-state index in [1.54, 1.807) is 0 Å². The van der Waals surface area contributed by atoms with Crippen molar-refractivity contribution in [2.24, 2.45) is 17.8 Å². The van der Waals surface area contributed by atoms with Gasteiger partial charge in [-0.05, 0) is 37.5 Å². The lowest BCUT2D eigenvalue weighted by atomic mass is 9.93. The number of amides is 1. The van der Waals surface area contributed by atoms with E-state index in [2.05, 4.69) is 6.92 Å². The lowest BCUT2D eigenvalue weighted by molar-refractivity contribution is -0.137. The van der Waals surface area contributed by atoms with Gasteiger partial charge in [0.2, 0.25) is 5.91 Å². The molecule has 1 saturated heterocycles. The summed E-state index contributed by atoms with van der Waals surface area (Å²) in [4.78, 5) is 24.8. The minimum atomic E-state index is -0.730. The molecule has 1 heterocycles. The number of nitrogens with zero attached hydrogens (tertiary/aromatic N) is 1. The first kappa shape index (κ1) is 13.4. The number of hydrogen-bond acceptors (Lipinski definition) is 2. The Morgan fingerprint density at radius 2 is 2.17 bits per heavy atom. The summed E-state index contributed by atoms with van der Waals surface area (Å²) in [6.45, 7) is 3.79. The van der Waals surface area contributed by atoms with Crippen molar-refractivity contribution < 1.29 is 14.7 Å². The highest BCUT2D eigenvalue weighted by molar-refractivity contribution is 5.81. The van der Waals surface area contributed by atoms with Gasteiger partial charge in [-0.25, -0.2) is 0 Å². The maximum Gasteiger partial charge on any atom is 0.303 e. The third kappa shape index (κ3) is 3.24. The number of carboxylic acids is 1. The van der Waals surface area contributed by atoms with Crippen LogP contribution in [0.5, 0.6) is 0 Å². The second-order valence-corrected chi connectivity index (χ2v) is 5.74. The summed E-state index contributed by atoms with van der Waals surface area (Å²) in [5.41, 5.74) is 0. The number of carboxylic acid groups (broad SMARTS) is 1. The predicted octanol–water partition coefficient (Wildman–Crippen LogP) is 2.14. The number of aliphatic carboxylic acids is 1. The van der Waals surface area contributed by atoms with Crippen LogP contribution >= 0.6 is 0 Å². The van der Waals surface area contributed by atoms with Crippen LogP contribution in [0.15, 0.2) is 0 Å². The first-order valence-electron chi connectivity index (χ1n) is 7.12. The SMILES string of the molecule is CC[C@@H]1C[C@H]1C(=O)N1CCCC(CCC(=O)O)C1. The highest BCUT2D eigenvalue weighted by Crippen LogP contribution is 2.42. The molecule has 0 bridgehead atoms. The molecule has 102 valence electrons. The highest BCUT2D eigenvalue weighted by atomic mass is 16.4. The van der Waals surface area contributed by atoms with E-state index in [9.17, 15) is 9.59 Å². The molecule has 0 radical (unpaired) electrons. The van der Waals surface area contributed by atoms with Crippen LogP contribution in [-0.2, 0) is 9.59 Å². The van der Waals surface area contributed by atoms with Crippen molar-refractivity contribution >= 4 is 11.9 Å². The predicted molar refractivity (Wildman–Crippen MR) is 68.1 cm³/mol. The van der Waals surface area contributed by atoms with E-state index >= 15 is 0 Å². The van der Waals surface area contributed by atoms with Gasteiger partial charge in [0, 0.05) is 25.4 Å². The first-order valence-corrected chi connectivity index (χ1v) is 7.12. The van der Waals surface area contributed by atoms with Crippen LogP contribution in [0.2, 0.25) is 0 Å². The molecule has 1 aliphatic heterocycles. The molecule has 0 aromatic carbocycles. The Hall–Kier alpha value is -1.06. The fraction of sp³-hybridized carbons (Fsp3) is 0.857. The molecule has 1 unspecified atom stereocenters. The summed E-state index contributed by atoms with van der Waals surface area (Å²) in [5.74, 6) is 0.858. The summed E-state index contributed by atoms with van der Waals surface area (Å²) in [7, 11) is 0. The van der Waals surface area contributed by atoms with E-state index in [1.807, 2.05) is 4.90 Å². The van der Waals surface area contributed by atoms with Crippen molar-refractivity contribution in [3.63, 3.8) is 0 Å². The quantitative estimate of drug-likeness (QED) is 0.816. The largest absolute Gasteiger partial charge is 0.481 e. The Bertz CT molecular complexity index is 329. The molecule has 0 spiro atoms. The van der Waals surface area contributed by atoms with Crippen molar-refractivity contribution in [1.29, 1.82) is 0 Å². The van der Waals surface area contributed by atoms with E-state index < -0.39 is 5.97 Å². The third-order valence-corrected chi connectivity index (χ3v) is 4.36. The number of carbonyl (C=O) groups excluding carboxylic acids is 1. The molecule has 0 aromatic heterocycles.